The lowest BCUT2D eigenvalue weighted by atomic mass is 10.1. The second-order valence-corrected chi connectivity index (χ2v) is 8.70. The minimum absolute atomic E-state index is 0.00272. The lowest BCUT2D eigenvalue weighted by Gasteiger charge is -2.19. The molecule has 1 fully saturated rings. The third-order valence-corrected chi connectivity index (χ3v) is 6.01. The highest BCUT2D eigenvalue weighted by molar-refractivity contribution is 6.34. The Labute approximate surface area is 208 Å². The zero-order valence-corrected chi connectivity index (χ0v) is 19.2. The molecule has 0 atom stereocenters. The van der Waals surface area contributed by atoms with Crippen LogP contribution in [0.2, 0.25) is 5.02 Å². The second-order valence-electron chi connectivity index (χ2n) is 8.29. The summed E-state index contributed by atoms with van der Waals surface area (Å²) in [6, 6.07) is 4.06. The van der Waals surface area contributed by atoms with Gasteiger partial charge in [0.2, 0.25) is 0 Å². The highest BCUT2D eigenvalue weighted by Crippen LogP contribution is 2.49. The van der Waals surface area contributed by atoms with Crippen LogP contribution in [0.25, 0.3) is 16.9 Å². The van der Waals surface area contributed by atoms with Crippen molar-refractivity contribution < 1.29 is 39.9 Å². The predicted octanol–water partition coefficient (Wildman–Crippen LogP) is 5.49. The average molecular weight is 552 g/mol. The van der Waals surface area contributed by atoms with Crippen LogP contribution in [0.5, 0.6) is 0 Å². The topological polar surface area (TPSA) is 64.7 Å². The average Bonchev–Trinajstić information content (AvgIpc) is 3.21. The number of alkyl halides is 8. The molecule has 0 aliphatic heterocycles. The van der Waals surface area contributed by atoms with Gasteiger partial charge in [0.15, 0.2) is 11.5 Å². The van der Waals surface area contributed by atoms with Gasteiger partial charge < -0.3 is 5.32 Å². The number of terminal acetylenes is 1. The molecule has 0 saturated heterocycles. The van der Waals surface area contributed by atoms with E-state index in [1.165, 1.54) is 18.2 Å². The number of carbonyl (C=O) groups is 1. The minimum atomic E-state index is -6.33. The number of hydrogen-bond acceptors (Lipinski definition) is 3. The molecule has 0 unspecified atom stereocenters. The van der Waals surface area contributed by atoms with Crippen LogP contribution in [0.1, 0.15) is 34.5 Å². The Morgan fingerprint density at radius 3 is 2.32 bits per heavy atom. The number of nitrogens with zero attached hydrogens (tertiary/aromatic N) is 4. The van der Waals surface area contributed by atoms with Crippen molar-refractivity contribution >= 4 is 17.5 Å². The third kappa shape index (κ3) is 4.63. The van der Waals surface area contributed by atoms with Crippen molar-refractivity contribution in [1.29, 1.82) is 0 Å². The van der Waals surface area contributed by atoms with E-state index in [1.807, 2.05) is 0 Å². The van der Waals surface area contributed by atoms with Crippen molar-refractivity contribution in [3.05, 3.63) is 52.4 Å². The lowest BCUT2D eigenvalue weighted by Crippen LogP contribution is -2.36. The van der Waals surface area contributed by atoms with Gasteiger partial charge in [-0.3, -0.25) is 4.79 Å². The molecular weight excluding hydrogens is 538 g/mol. The first-order valence-electron chi connectivity index (χ1n) is 10.3. The van der Waals surface area contributed by atoms with Crippen LogP contribution in [0.4, 0.5) is 35.1 Å². The summed E-state index contributed by atoms with van der Waals surface area (Å²) in [7, 11) is 0.770. The van der Waals surface area contributed by atoms with Crippen molar-refractivity contribution in [2.45, 2.75) is 36.7 Å². The van der Waals surface area contributed by atoms with E-state index in [2.05, 4.69) is 21.4 Å². The largest absolute Gasteiger partial charge is 0.459 e. The monoisotopic (exact) mass is 551 g/mol. The number of aryl methyl sites for hydroxylation is 1. The first-order chi connectivity index (χ1) is 17.0. The number of aromatic nitrogens is 4. The van der Waals surface area contributed by atoms with Gasteiger partial charge in [-0.1, -0.05) is 23.6 Å². The van der Waals surface area contributed by atoms with Gasteiger partial charge >= 0.3 is 18.3 Å². The summed E-state index contributed by atoms with van der Waals surface area (Å²) in [6.45, 7) is 0. The predicted molar refractivity (Wildman–Crippen MR) is 114 cm³/mol. The molecule has 1 N–H and O–H groups in total. The van der Waals surface area contributed by atoms with E-state index >= 15 is 0 Å². The molecule has 6 nitrogen and oxygen atoms in total. The molecule has 1 aromatic carbocycles. The summed E-state index contributed by atoms with van der Waals surface area (Å²) in [4.78, 5) is 12.7. The number of halogens is 9. The first-order valence-corrected chi connectivity index (χ1v) is 10.6. The lowest BCUT2D eigenvalue weighted by molar-refractivity contribution is -0.292. The summed E-state index contributed by atoms with van der Waals surface area (Å²) >= 11 is 6.11. The summed E-state index contributed by atoms with van der Waals surface area (Å²) < 4.78 is 108. The second kappa shape index (κ2) is 8.47. The van der Waals surface area contributed by atoms with Crippen LogP contribution in [-0.2, 0) is 19.1 Å². The first kappa shape index (κ1) is 26.5. The molecule has 2 aromatic heterocycles. The van der Waals surface area contributed by atoms with E-state index in [9.17, 15) is 39.9 Å². The van der Waals surface area contributed by atoms with E-state index in [1.54, 1.807) is 0 Å². The van der Waals surface area contributed by atoms with Gasteiger partial charge in [0, 0.05) is 18.8 Å². The van der Waals surface area contributed by atoms with Gasteiger partial charge in [-0.05, 0) is 30.5 Å². The molecule has 1 saturated carbocycles. The summed E-state index contributed by atoms with van der Waals surface area (Å²) in [5.74, 6) is -5.19. The normalized spacial score (nSPS) is 15.4. The molecule has 1 aliphatic rings. The Morgan fingerprint density at radius 1 is 1.14 bits per heavy atom. The number of carbonyl (C=O) groups excluding carboxylic acids is 1. The molecular formula is C22H14ClF8N5O. The number of nitrogens with one attached hydrogen (secondary N) is 1. The quantitative estimate of drug-likeness (QED) is 0.337. The Kier molecular flexibility index (Phi) is 6.06. The zero-order valence-electron chi connectivity index (χ0n) is 18.5. The molecule has 2 heterocycles. The molecule has 1 aliphatic carbocycles. The van der Waals surface area contributed by atoms with Gasteiger partial charge in [-0.15, -0.1) is 6.42 Å². The molecule has 3 aromatic rings. The Balaban J connectivity index is 1.77. The Bertz CT molecular complexity index is 1430. The summed E-state index contributed by atoms with van der Waals surface area (Å²) in [5, 5.41) is 9.27. The van der Waals surface area contributed by atoms with Crippen molar-refractivity contribution in [2.75, 3.05) is 0 Å². The van der Waals surface area contributed by atoms with E-state index in [-0.39, 0.29) is 26.4 Å². The molecule has 0 bridgehead atoms. The maximum atomic E-state index is 13.9. The van der Waals surface area contributed by atoms with Gasteiger partial charge in [-0.2, -0.15) is 45.3 Å². The highest BCUT2D eigenvalue weighted by atomic mass is 35.5. The van der Waals surface area contributed by atoms with Crippen molar-refractivity contribution in [3.8, 4) is 29.3 Å². The van der Waals surface area contributed by atoms with Crippen molar-refractivity contribution in [3.63, 3.8) is 0 Å². The molecule has 15 heteroatoms. The number of hydrogen-bond donors (Lipinski definition) is 1. The minimum Gasteiger partial charge on any atom is -0.336 e. The number of benzene rings is 1. The summed E-state index contributed by atoms with van der Waals surface area (Å²) in [6.07, 6.45) is -3.42. The van der Waals surface area contributed by atoms with Crippen molar-refractivity contribution in [1.82, 2.24) is 24.9 Å². The maximum Gasteiger partial charge on any atom is 0.459 e. The maximum absolute atomic E-state index is 13.9. The van der Waals surface area contributed by atoms with Crippen LogP contribution in [0, 0.1) is 12.3 Å². The number of rotatable bonds is 5. The zero-order chi connectivity index (χ0) is 27.6. The van der Waals surface area contributed by atoms with Crippen LogP contribution in [0.15, 0.2) is 30.6 Å². The standard InChI is InChI=1S/C22H14ClF8N5O/c1-3-19(6-7-19)33-17(37)13-8-11(4-5-14(13)23)12-9-32-36(10-12)18-15(21(26,27)28)16(34-35(18)2)20(24,25)22(29,30)31/h1,4-5,8-10H,6-7H2,2H3,(H,33,37). The fourth-order valence-electron chi connectivity index (χ4n) is 3.57. The fraction of sp³-hybridized carbons (Fsp3) is 0.318. The van der Waals surface area contributed by atoms with Crippen molar-refractivity contribution in [2.24, 2.45) is 7.05 Å². The van der Waals surface area contributed by atoms with Gasteiger partial charge in [0.1, 0.15) is 11.1 Å². The van der Waals surface area contributed by atoms with Crippen LogP contribution < -0.4 is 5.32 Å². The Morgan fingerprint density at radius 2 is 1.78 bits per heavy atom. The van der Waals surface area contributed by atoms with E-state index < -0.39 is 46.8 Å². The van der Waals surface area contributed by atoms with Gasteiger partial charge in [0.25, 0.3) is 5.91 Å². The van der Waals surface area contributed by atoms with Crippen LogP contribution in [-0.4, -0.2) is 37.2 Å². The molecule has 4 rings (SSSR count). The highest BCUT2D eigenvalue weighted by Gasteiger charge is 2.64. The Hall–Kier alpha value is -3.60. The fourth-order valence-corrected chi connectivity index (χ4v) is 3.78. The van der Waals surface area contributed by atoms with Gasteiger partial charge in [0.05, 0.1) is 16.8 Å². The molecule has 1 amide bonds. The molecule has 37 heavy (non-hydrogen) atoms. The molecule has 0 radical (unpaired) electrons. The van der Waals surface area contributed by atoms with E-state index in [0.29, 0.717) is 17.5 Å². The molecule has 196 valence electrons. The smallest absolute Gasteiger partial charge is 0.336 e. The van der Waals surface area contributed by atoms with E-state index in [0.717, 1.165) is 19.4 Å². The third-order valence-electron chi connectivity index (χ3n) is 5.68. The SMILES string of the molecule is C#CC1(NC(=O)c2cc(-c3cnn(-c4c(C(F)(F)F)c(C(F)(F)C(F)(F)F)nn4C)c3)ccc2Cl)CC1. The molecule has 0 spiro atoms. The van der Waals surface area contributed by atoms with Crippen LogP contribution >= 0.6 is 11.6 Å². The van der Waals surface area contributed by atoms with Crippen LogP contribution in [0.3, 0.4) is 0 Å². The number of amides is 1. The van der Waals surface area contributed by atoms with E-state index in [4.69, 9.17) is 18.0 Å². The summed E-state index contributed by atoms with van der Waals surface area (Å²) in [5.41, 5.74) is -5.25. The van der Waals surface area contributed by atoms with Gasteiger partial charge in [-0.25, -0.2) is 9.36 Å².